The number of hydrogen-bond donors (Lipinski definition) is 2. The van der Waals surface area contributed by atoms with Gasteiger partial charge in [-0.25, -0.2) is 17.8 Å². The van der Waals surface area contributed by atoms with Crippen molar-refractivity contribution in [2.45, 2.75) is 0 Å². The number of carbonyl (C=O) groups excluding carboxylic acids is 1. The first-order valence-electron chi connectivity index (χ1n) is 4.53. The van der Waals surface area contributed by atoms with Crippen molar-refractivity contribution in [1.29, 1.82) is 0 Å². The molecule has 0 aliphatic carbocycles. The predicted octanol–water partition coefficient (Wildman–Crippen LogP) is 1.32. The van der Waals surface area contributed by atoms with Crippen molar-refractivity contribution < 1.29 is 22.6 Å². The molecule has 0 aliphatic rings. The molecule has 1 aromatic heterocycles. The van der Waals surface area contributed by atoms with Crippen molar-refractivity contribution in [2.75, 3.05) is 11.1 Å². The highest BCUT2D eigenvalue weighted by Crippen LogP contribution is 2.20. The predicted molar refractivity (Wildman–Crippen MR) is 53.0 cm³/mol. The number of amides is 1. The van der Waals surface area contributed by atoms with Crippen molar-refractivity contribution in [2.24, 2.45) is 0 Å². The van der Waals surface area contributed by atoms with Gasteiger partial charge in [0.25, 0.3) is 5.91 Å². The fraction of sp³-hybridized carbons (Fsp3) is 0. The van der Waals surface area contributed by atoms with E-state index >= 15 is 0 Å². The molecule has 9 heteroatoms. The van der Waals surface area contributed by atoms with Gasteiger partial charge in [-0.1, -0.05) is 0 Å². The van der Waals surface area contributed by atoms with Crippen LogP contribution in [0.1, 0.15) is 10.5 Å². The largest absolute Gasteiger partial charge is 0.379 e. The highest BCUT2D eigenvalue weighted by Gasteiger charge is 2.19. The lowest BCUT2D eigenvalue weighted by Gasteiger charge is -2.05. The molecule has 6 nitrogen and oxygen atoms in total. The third-order valence-electron chi connectivity index (χ3n) is 1.97. The molecule has 0 fully saturated rings. The molecule has 1 amide bonds. The zero-order chi connectivity index (χ0) is 13.3. The molecule has 18 heavy (non-hydrogen) atoms. The minimum Gasteiger partial charge on any atom is -0.379 e. The van der Waals surface area contributed by atoms with E-state index in [-0.39, 0.29) is 5.82 Å². The zero-order valence-corrected chi connectivity index (χ0v) is 8.58. The van der Waals surface area contributed by atoms with Crippen molar-refractivity contribution in [3.8, 4) is 0 Å². The first-order valence-corrected chi connectivity index (χ1v) is 4.53. The number of benzene rings is 1. The number of nitrogen functional groups attached to an aromatic ring is 1. The van der Waals surface area contributed by atoms with Crippen LogP contribution in [-0.4, -0.2) is 16.2 Å². The van der Waals surface area contributed by atoms with Crippen LogP contribution < -0.4 is 11.1 Å². The minimum atomic E-state index is -1.43. The summed E-state index contributed by atoms with van der Waals surface area (Å²) >= 11 is 0. The summed E-state index contributed by atoms with van der Waals surface area (Å²) in [6.07, 6.45) is 0. The van der Waals surface area contributed by atoms with Gasteiger partial charge in [0.15, 0.2) is 11.6 Å². The fourth-order valence-corrected chi connectivity index (χ4v) is 1.18. The maximum atomic E-state index is 13.2. The molecule has 94 valence electrons. The molecule has 1 heterocycles. The van der Waals surface area contributed by atoms with E-state index in [2.05, 4.69) is 14.9 Å². The molecular weight excluding hydrogens is 253 g/mol. The van der Waals surface area contributed by atoms with Gasteiger partial charge in [-0.15, -0.1) is 0 Å². The molecule has 0 saturated carbocycles. The summed E-state index contributed by atoms with van der Waals surface area (Å²) < 4.78 is 43.1. The van der Waals surface area contributed by atoms with Gasteiger partial charge < -0.3 is 11.1 Å². The van der Waals surface area contributed by atoms with Crippen LogP contribution in [0.15, 0.2) is 16.8 Å². The molecule has 2 aromatic rings. The van der Waals surface area contributed by atoms with Crippen LogP contribution in [0.5, 0.6) is 0 Å². The van der Waals surface area contributed by atoms with Crippen LogP contribution in [0.4, 0.5) is 24.7 Å². The van der Waals surface area contributed by atoms with Crippen molar-refractivity contribution in [3.63, 3.8) is 0 Å². The van der Waals surface area contributed by atoms with E-state index in [1.807, 2.05) is 5.32 Å². The van der Waals surface area contributed by atoms with Crippen molar-refractivity contribution in [1.82, 2.24) is 10.3 Å². The molecule has 0 aliphatic heterocycles. The molecule has 1 aromatic carbocycles. The van der Waals surface area contributed by atoms with Crippen LogP contribution >= 0.6 is 0 Å². The van der Waals surface area contributed by atoms with Gasteiger partial charge in [0.05, 0.1) is 5.69 Å². The second kappa shape index (κ2) is 4.35. The Bertz CT molecular complexity index is 614. The van der Waals surface area contributed by atoms with E-state index in [4.69, 9.17) is 5.73 Å². The van der Waals surface area contributed by atoms with Gasteiger partial charge in [0.1, 0.15) is 5.82 Å². The lowest BCUT2D eigenvalue weighted by molar-refractivity contribution is 0.101. The van der Waals surface area contributed by atoms with Gasteiger partial charge in [-0.2, -0.15) is 0 Å². The first kappa shape index (κ1) is 11.9. The SMILES string of the molecule is Nc1nonc1C(=O)Nc1cc(F)cc(F)c1F. The Morgan fingerprint density at radius 3 is 2.61 bits per heavy atom. The average Bonchev–Trinajstić information content (AvgIpc) is 2.71. The Hall–Kier alpha value is -2.58. The van der Waals surface area contributed by atoms with Crippen LogP contribution in [0.2, 0.25) is 0 Å². The summed E-state index contributed by atoms with van der Waals surface area (Å²) in [5.41, 5.74) is 4.12. The normalized spacial score (nSPS) is 10.4. The molecular formula is C9H5F3N4O2. The number of hydrogen-bond acceptors (Lipinski definition) is 5. The lowest BCUT2D eigenvalue weighted by atomic mass is 10.2. The summed E-state index contributed by atoms with van der Waals surface area (Å²) in [5.74, 6) is -5.21. The number of rotatable bonds is 2. The molecule has 0 atom stereocenters. The third kappa shape index (κ3) is 2.10. The molecule has 2 rings (SSSR count). The van der Waals surface area contributed by atoms with Gasteiger partial charge in [-0.3, -0.25) is 4.79 Å². The second-order valence-corrected chi connectivity index (χ2v) is 3.20. The maximum Gasteiger partial charge on any atom is 0.281 e. The highest BCUT2D eigenvalue weighted by atomic mass is 19.2. The summed E-state index contributed by atoms with van der Waals surface area (Å²) in [4.78, 5) is 11.5. The topological polar surface area (TPSA) is 94.0 Å². The van der Waals surface area contributed by atoms with Crippen LogP contribution in [-0.2, 0) is 0 Å². The quantitative estimate of drug-likeness (QED) is 0.792. The monoisotopic (exact) mass is 258 g/mol. The van der Waals surface area contributed by atoms with Crippen LogP contribution in [0.25, 0.3) is 0 Å². The van der Waals surface area contributed by atoms with Crippen molar-refractivity contribution in [3.05, 3.63) is 35.3 Å². The van der Waals surface area contributed by atoms with Crippen LogP contribution in [0.3, 0.4) is 0 Å². The average molecular weight is 258 g/mol. The Morgan fingerprint density at radius 2 is 2.00 bits per heavy atom. The number of anilines is 2. The fourth-order valence-electron chi connectivity index (χ4n) is 1.18. The molecule has 0 saturated heterocycles. The molecule has 3 N–H and O–H groups in total. The number of carbonyl (C=O) groups is 1. The Balaban J connectivity index is 2.30. The zero-order valence-electron chi connectivity index (χ0n) is 8.58. The summed E-state index contributed by atoms with van der Waals surface area (Å²) in [5, 5.41) is 8.18. The first-order chi connectivity index (χ1) is 8.49. The second-order valence-electron chi connectivity index (χ2n) is 3.20. The van der Waals surface area contributed by atoms with E-state index in [1.165, 1.54) is 0 Å². The molecule has 0 spiro atoms. The van der Waals surface area contributed by atoms with Crippen molar-refractivity contribution >= 4 is 17.4 Å². The number of nitrogens with one attached hydrogen (secondary N) is 1. The van der Waals surface area contributed by atoms with Crippen LogP contribution in [0, 0.1) is 17.5 Å². The molecule has 0 radical (unpaired) electrons. The van der Waals surface area contributed by atoms with E-state index < -0.39 is 34.7 Å². The number of nitrogens with two attached hydrogens (primary N) is 1. The third-order valence-corrected chi connectivity index (χ3v) is 1.97. The van der Waals surface area contributed by atoms with E-state index in [9.17, 15) is 18.0 Å². The van der Waals surface area contributed by atoms with Gasteiger partial charge in [0.2, 0.25) is 11.5 Å². The standard InChI is InChI=1S/C9H5F3N4O2/c10-3-1-4(11)6(12)5(2-3)14-9(17)7-8(13)16-18-15-7/h1-2H,(H2,13,16)(H,14,17). The maximum absolute atomic E-state index is 13.2. The minimum absolute atomic E-state index is 0.329. The van der Waals surface area contributed by atoms with Gasteiger partial charge in [0, 0.05) is 12.1 Å². The van der Waals surface area contributed by atoms with E-state index in [0.29, 0.717) is 12.1 Å². The molecule has 0 bridgehead atoms. The van der Waals surface area contributed by atoms with Gasteiger partial charge >= 0.3 is 0 Å². The molecule has 0 unspecified atom stereocenters. The Morgan fingerprint density at radius 1 is 1.28 bits per heavy atom. The number of aromatic nitrogens is 2. The van der Waals surface area contributed by atoms with Gasteiger partial charge in [-0.05, 0) is 10.3 Å². The summed E-state index contributed by atoms with van der Waals surface area (Å²) in [6, 6.07) is 0.955. The summed E-state index contributed by atoms with van der Waals surface area (Å²) in [7, 11) is 0. The number of halogens is 3. The van der Waals surface area contributed by atoms with E-state index in [1.54, 1.807) is 0 Å². The lowest BCUT2D eigenvalue weighted by Crippen LogP contribution is -2.15. The Labute approximate surface area is 97.5 Å². The smallest absolute Gasteiger partial charge is 0.281 e. The highest BCUT2D eigenvalue weighted by molar-refractivity contribution is 6.05. The number of nitrogens with zero attached hydrogens (tertiary/aromatic N) is 2. The van der Waals surface area contributed by atoms with E-state index in [0.717, 1.165) is 0 Å². The summed E-state index contributed by atoms with van der Waals surface area (Å²) in [6.45, 7) is 0. The Kier molecular flexibility index (Phi) is 2.88.